The van der Waals surface area contributed by atoms with Gasteiger partial charge in [-0.05, 0) is 48.3 Å². The van der Waals surface area contributed by atoms with E-state index in [0.29, 0.717) is 0 Å². The molecule has 0 aromatic heterocycles. The Labute approximate surface area is 190 Å². The summed E-state index contributed by atoms with van der Waals surface area (Å²) in [5, 5.41) is 0. The van der Waals surface area contributed by atoms with Gasteiger partial charge in [0.15, 0.2) is 0 Å². The van der Waals surface area contributed by atoms with Gasteiger partial charge in [-0.15, -0.1) is 0 Å². The zero-order chi connectivity index (χ0) is 21.0. The molecule has 0 saturated heterocycles. The Balaban J connectivity index is 1.62. The molecule has 3 rings (SSSR count). The third kappa shape index (κ3) is 7.85. The lowest BCUT2D eigenvalue weighted by molar-refractivity contribution is 0.0154. The van der Waals surface area contributed by atoms with Crippen molar-refractivity contribution in [3.05, 3.63) is 0 Å². The van der Waals surface area contributed by atoms with Crippen LogP contribution in [0, 0.1) is 35.5 Å². The van der Waals surface area contributed by atoms with Crippen LogP contribution in [0.1, 0.15) is 155 Å². The summed E-state index contributed by atoms with van der Waals surface area (Å²) in [6.45, 7) is 5.03. The molecule has 0 spiro atoms. The van der Waals surface area contributed by atoms with Crippen LogP contribution in [0.5, 0.6) is 0 Å². The monoisotopic (exact) mass is 416 g/mol. The zero-order valence-corrected chi connectivity index (χ0v) is 21.0. The summed E-state index contributed by atoms with van der Waals surface area (Å²) in [4.78, 5) is 0. The molecule has 3 saturated carbocycles. The first-order valence-electron chi connectivity index (χ1n) is 14.8. The minimum Gasteiger partial charge on any atom is -0.0654 e. The van der Waals surface area contributed by atoms with Crippen molar-refractivity contribution in [1.82, 2.24) is 0 Å². The second kappa shape index (κ2) is 14.2. The van der Waals surface area contributed by atoms with Crippen molar-refractivity contribution < 1.29 is 0 Å². The summed E-state index contributed by atoms with van der Waals surface area (Å²) < 4.78 is 0. The molecule has 0 heteroatoms. The maximum Gasteiger partial charge on any atom is -0.0329 e. The third-order valence-electron chi connectivity index (χ3n) is 9.75. The lowest BCUT2D eigenvalue weighted by Crippen LogP contribution is -2.40. The smallest absolute Gasteiger partial charge is 0.0329 e. The quantitative estimate of drug-likeness (QED) is 0.427. The first-order valence-corrected chi connectivity index (χ1v) is 14.8. The van der Waals surface area contributed by atoms with Gasteiger partial charge in [-0.2, -0.15) is 0 Å². The highest BCUT2D eigenvalue weighted by molar-refractivity contribution is 4.91. The number of hydrogen-bond acceptors (Lipinski definition) is 0. The SMILES string of the molecule is CCCCC1CCCCCCCCCCC(C2C(C)CCC3CCCCC32)CCC1. The van der Waals surface area contributed by atoms with Crippen molar-refractivity contribution in [3.63, 3.8) is 0 Å². The first kappa shape index (κ1) is 24.6. The van der Waals surface area contributed by atoms with Crippen LogP contribution in [-0.4, -0.2) is 0 Å². The van der Waals surface area contributed by atoms with E-state index < -0.39 is 0 Å². The molecule has 0 aromatic carbocycles. The zero-order valence-electron chi connectivity index (χ0n) is 21.0. The van der Waals surface area contributed by atoms with Crippen molar-refractivity contribution >= 4 is 0 Å². The van der Waals surface area contributed by atoms with E-state index >= 15 is 0 Å². The van der Waals surface area contributed by atoms with Crippen LogP contribution in [0.4, 0.5) is 0 Å². The van der Waals surface area contributed by atoms with Gasteiger partial charge in [-0.3, -0.25) is 0 Å². The molecule has 0 N–H and O–H groups in total. The van der Waals surface area contributed by atoms with Crippen LogP contribution < -0.4 is 0 Å². The van der Waals surface area contributed by atoms with Gasteiger partial charge in [0.1, 0.15) is 0 Å². The molecule has 0 aliphatic heterocycles. The van der Waals surface area contributed by atoms with Crippen LogP contribution in [-0.2, 0) is 0 Å². The summed E-state index contributed by atoms with van der Waals surface area (Å²) in [7, 11) is 0. The van der Waals surface area contributed by atoms with Crippen molar-refractivity contribution in [2.24, 2.45) is 35.5 Å². The highest BCUT2D eigenvalue weighted by Crippen LogP contribution is 2.51. The Hall–Kier alpha value is 0. The molecule has 0 heterocycles. The minimum absolute atomic E-state index is 1.01. The van der Waals surface area contributed by atoms with E-state index in [-0.39, 0.29) is 0 Å². The van der Waals surface area contributed by atoms with Gasteiger partial charge in [-0.25, -0.2) is 0 Å². The van der Waals surface area contributed by atoms with Gasteiger partial charge in [0.05, 0.1) is 0 Å². The Bertz CT molecular complexity index is 426. The highest BCUT2D eigenvalue weighted by Gasteiger charge is 2.41. The van der Waals surface area contributed by atoms with Crippen LogP contribution in [0.15, 0.2) is 0 Å². The van der Waals surface area contributed by atoms with Crippen LogP contribution in [0.3, 0.4) is 0 Å². The topological polar surface area (TPSA) is 0 Å². The molecule has 6 unspecified atom stereocenters. The summed E-state index contributed by atoms with van der Waals surface area (Å²) in [6.07, 6.45) is 33.6. The molecule has 176 valence electrons. The van der Waals surface area contributed by atoms with Gasteiger partial charge in [0.25, 0.3) is 0 Å². The minimum atomic E-state index is 1.01. The lowest BCUT2D eigenvalue weighted by Gasteiger charge is -2.48. The molecule has 3 aliphatic carbocycles. The molecule has 3 aliphatic rings. The van der Waals surface area contributed by atoms with Crippen molar-refractivity contribution in [2.75, 3.05) is 0 Å². The summed E-state index contributed by atoms with van der Waals surface area (Å²) >= 11 is 0. The second-order valence-corrected chi connectivity index (χ2v) is 11.9. The maximum absolute atomic E-state index is 2.65. The summed E-state index contributed by atoms with van der Waals surface area (Å²) in [5.41, 5.74) is 0. The molecule has 0 bridgehead atoms. The van der Waals surface area contributed by atoms with E-state index in [1.807, 2.05) is 0 Å². The van der Waals surface area contributed by atoms with E-state index in [1.165, 1.54) is 89.9 Å². The number of hydrogen-bond donors (Lipinski definition) is 0. The Morgan fingerprint density at radius 2 is 1.10 bits per heavy atom. The Morgan fingerprint density at radius 3 is 1.87 bits per heavy atom. The van der Waals surface area contributed by atoms with Crippen LogP contribution >= 0.6 is 0 Å². The number of fused-ring (bicyclic) bond motifs is 1. The molecular formula is C30H56. The molecule has 6 atom stereocenters. The molecular weight excluding hydrogens is 360 g/mol. The van der Waals surface area contributed by atoms with Gasteiger partial charge in [0, 0.05) is 0 Å². The molecule has 0 amide bonds. The van der Waals surface area contributed by atoms with Gasteiger partial charge >= 0.3 is 0 Å². The molecule has 0 aromatic rings. The number of unbranched alkanes of at least 4 members (excludes halogenated alkanes) is 1. The molecule has 30 heavy (non-hydrogen) atoms. The Morgan fingerprint density at radius 1 is 0.533 bits per heavy atom. The Kier molecular flexibility index (Phi) is 11.7. The second-order valence-electron chi connectivity index (χ2n) is 11.9. The average Bonchev–Trinajstić information content (AvgIpc) is 2.77. The van der Waals surface area contributed by atoms with E-state index in [0.717, 1.165) is 35.5 Å². The van der Waals surface area contributed by atoms with Crippen molar-refractivity contribution in [2.45, 2.75) is 155 Å². The van der Waals surface area contributed by atoms with Crippen molar-refractivity contribution in [3.8, 4) is 0 Å². The van der Waals surface area contributed by atoms with Crippen LogP contribution in [0.2, 0.25) is 0 Å². The van der Waals surface area contributed by atoms with Crippen LogP contribution in [0.25, 0.3) is 0 Å². The lowest BCUT2D eigenvalue weighted by atomic mass is 9.57. The average molecular weight is 417 g/mol. The fourth-order valence-corrected chi connectivity index (χ4v) is 8.03. The van der Waals surface area contributed by atoms with E-state index in [2.05, 4.69) is 13.8 Å². The third-order valence-corrected chi connectivity index (χ3v) is 9.75. The highest BCUT2D eigenvalue weighted by atomic mass is 14.5. The van der Waals surface area contributed by atoms with Gasteiger partial charge < -0.3 is 0 Å². The fourth-order valence-electron chi connectivity index (χ4n) is 8.03. The standard InChI is InChI=1S/C30H56/c1-3-4-16-26-17-11-9-7-5-6-8-10-12-20-28(21-15-18-26)30-25(2)23-24-27-19-13-14-22-29(27)30/h25-30H,3-24H2,1-2H3. The van der Waals surface area contributed by atoms with Gasteiger partial charge in [0.2, 0.25) is 0 Å². The number of rotatable bonds is 4. The van der Waals surface area contributed by atoms with E-state index in [1.54, 1.807) is 51.4 Å². The van der Waals surface area contributed by atoms with E-state index in [9.17, 15) is 0 Å². The van der Waals surface area contributed by atoms with E-state index in [4.69, 9.17) is 0 Å². The maximum atomic E-state index is 2.65. The van der Waals surface area contributed by atoms with Gasteiger partial charge in [-0.1, -0.05) is 142 Å². The normalized spacial score (nSPS) is 38.2. The summed E-state index contributed by atoms with van der Waals surface area (Å²) in [6, 6.07) is 0. The largest absolute Gasteiger partial charge is 0.0654 e. The molecule has 0 radical (unpaired) electrons. The van der Waals surface area contributed by atoms with Crippen molar-refractivity contribution in [1.29, 1.82) is 0 Å². The summed E-state index contributed by atoms with van der Waals surface area (Å²) in [5.74, 6) is 6.39. The predicted octanol–water partition coefficient (Wildman–Crippen LogP) is 10.3. The molecule has 3 fully saturated rings. The first-order chi connectivity index (χ1) is 14.8. The fraction of sp³-hybridized carbons (Fsp3) is 1.00. The predicted molar refractivity (Wildman–Crippen MR) is 134 cm³/mol. The molecule has 0 nitrogen and oxygen atoms in total.